The van der Waals surface area contributed by atoms with Crippen LogP contribution >= 0.6 is 0 Å². The number of carbonyl (C=O) groups is 1. The summed E-state index contributed by atoms with van der Waals surface area (Å²) in [5.41, 5.74) is 7.59. The average Bonchev–Trinajstić information content (AvgIpc) is 2.93. The summed E-state index contributed by atoms with van der Waals surface area (Å²) in [5, 5.41) is 7.27. The van der Waals surface area contributed by atoms with Crippen LogP contribution in [0.15, 0.2) is 41.9 Å². The zero-order chi connectivity index (χ0) is 15.7. The van der Waals surface area contributed by atoms with Crippen LogP contribution in [-0.2, 0) is 4.79 Å². The molecule has 0 fully saturated rings. The molecule has 1 aliphatic heterocycles. The van der Waals surface area contributed by atoms with Gasteiger partial charge in [0.25, 0.3) is 0 Å². The van der Waals surface area contributed by atoms with Crippen LogP contribution in [0, 0.1) is 0 Å². The van der Waals surface area contributed by atoms with E-state index in [4.69, 9.17) is 10.5 Å². The van der Waals surface area contributed by atoms with Gasteiger partial charge in [0, 0.05) is 5.70 Å². The van der Waals surface area contributed by atoms with Gasteiger partial charge in [0.2, 0.25) is 11.9 Å². The molecule has 1 aromatic heterocycles. The van der Waals surface area contributed by atoms with Crippen molar-refractivity contribution in [1.82, 2.24) is 14.8 Å². The number of ether oxygens (including phenoxy) is 1. The lowest BCUT2D eigenvalue weighted by Gasteiger charge is -2.27. The number of nitrogens with one attached hydrogen (secondary N) is 1. The Morgan fingerprint density at radius 1 is 1.50 bits per heavy atom. The number of rotatable bonds is 4. The monoisotopic (exact) mass is 299 g/mol. The number of hydrogen-bond donors (Lipinski definition) is 2. The molecular weight excluding hydrogens is 282 g/mol. The van der Waals surface area contributed by atoms with Gasteiger partial charge >= 0.3 is 0 Å². The van der Waals surface area contributed by atoms with Gasteiger partial charge in [-0.05, 0) is 31.5 Å². The van der Waals surface area contributed by atoms with Crippen molar-refractivity contribution in [3.05, 3.63) is 47.4 Å². The van der Waals surface area contributed by atoms with Crippen LogP contribution in [0.4, 0.5) is 5.95 Å². The van der Waals surface area contributed by atoms with E-state index in [0.717, 1.165) is 11.3 Å². The number of hydrogen-bond acceptors (Lipinski definition) is 5. The topological polar surface area (TPSA) is 95.1 Å². The minimum Gasteiger partial charge on any atom is -0.494 e. The Morgan fingerprint density at radius 3 is 3.05 bits per heavy atom. The number of fused-ring (bicyclic) bond motifs is 1. The summed E-state index contributed by atoms with van der Waals surface area (Å²) in [4.78, 5) is 16.1. The SMILES string of the molecule is CCOc1cccc([C@H]2C(C(N)=O)=C(C)Nc3ncnn32)c1. The van der Waals surface area contributed by atoms with E-state index in [1.54, 1.807) is 11.6 Å². The van der Waals surface area contributed by atoms with Gasteiger partial charge < -0.3 is 15.8 Å². The van der Waals surface area contributed by atoms with Gasteiger partial charge in [-0.15, -0.1) is 0 Å². The van der Waals surface area contributed by atoms with Gasteiger partial charge in [0.15, 0.2) is 0 Å². The molecule has 0 unspecified atom stereocenters. The number of benzene rings is 1. The van der Waals surface area contributed by atoms with Crippen LogP contribution in [0.2, 0.25) is 0 Å². The summed E-state index contributed by atoms with van der Waals surface area (Å²) in [5.74, 6) is 0.828. The van der Waals surface area contributed by atoms with Crippen molar-refractivity contribution < 1.29 is 9.53 Å². The van der Waals surface area contributed by atoms with Crippen molar-refractivity contribution in [2.45, 2.75) is 19.9 Å². The average molecular weight is 299 g/mol. The molecule has 0 saturated heterocycles. The molecule has 7 heteroatoms. The van der Waals surface area contributed by atoms with Gasteiger partial charge in [-0.2, -0.15) is 10.1 Å². The van der Waals surface area contributed by atoms with Crippen molar-refractivity contribution in [1.29, 1.82) is 0 Å². The molecule has 7 nitrogen and oxygen atoms in total. The quantitative estimate of drug-likeness (QED) is 0.891. The van der Waals surface area contributed by atoms with Crippen LogP contribution < -0.4 is 15.8 Å². The highest BCUT2D eigenvalue weighted by Gasteiger charge is 2.32. The Kier molecular flexibility index (Phi) is 3.54. The normalized spacial score (nSPS) is 16.9. The number of amides is 1. The fraction of sp³-hybridized carbons (Fsp3) is 0.267. The number of nitrogens with zero attached hydrogens (tertiary/aromatic N) is 3. The predicted octanol–water partition coefficient (Wildman–Crippen LogP) is 1.45. The highest BCUT2D eigenvalue weighted by Crippen LogP contribution is 2.35. The number of aromatic nitrogens is 3. The standard InChI is InChI=1S/C15H17N5O2/c1-3-22-11-6-4-5-10(7-11)13-12(14(16)21)9(2)19-15-17-8-18-20(13)15/h4-8,13H,3H2,1-2H3,(H2,16,21)(H,17,18,19)/t13-/m0/s1. The lowest BCUT2D eigenvalue weighted by Crippen LogP contribution is -2.31. The molecule has 0 spiro atoms. The van der Waals surface area contributed by atoms with E-state index in [-0.39, 0.29) is 0 Å². The highest BCUT2D eigenvalue weighted by atomic mass is 16.5. The molecule has 2 aromatic rings. The summed E-state index contributed by atoms with van der Waals surface area (Å²) in [6.45, 7) is 4.30. The third-order valence-electron chi connectivity index (χ3n) is 3.54. The second-order valence-electron chi connectivity index (χ2n) is 4.96. The molecule has 2 heterocycles. The lowest BCUT2D eigenvalue weighted by atomic mass is 9.95. The second-order valence-corrected chi connectivity index (χ2v) is 4.96. The number of nitrogens with two attached hydrogens (primary N) is 1. The summed E-state index contributed by atoms with van der Waals surface area (Å²) < 4.78 is 7.19. The molecule has 22 heavy (non-hydrogen) atoms. The van der Waals surface area contributed by atoms with Gasteiger partial charge in [0.05, 0.1) is 12.2 Å². The minimum atomic E-state index is -0.488. The van der Waals surface area contributed by atoms with Gasteiger partial charge in [-0.25, -0.2) is 4.68 Å². The van der Waals surface area contributed by atoms with Crippen LogP contribution in [0.1, 0.15) is 25.5 Å². The molecule has 1 aliphatic rings. The molecule has 1 aromatic carbocycles. The van der Waals surface area contributed by atoms with Crippen molar-refractivity contribution in [3.8, 4) is 5.75 Å². The Balaban J connectivity index is 2.14. The van der Waals surface area contributed by atoms with E-state index in [0.29, 0.717) is 23.8 Å². The van der Waals surface area contributed by atoms with Crippen LogP contribution in [0.3, 0.4) is 0 Å². The van der Waals surface area contributed by atoms with Crippen LogP contribution in [0.5, 0.6) is 5.75 Å². The Labute approximate surface area is 127 Å². The number of primary amides is 1. The first-order valence-corrected chi connectivity index (χ1v) is 7.01. The summed E-state index contributed by atoms with van der Waals surface area (Å²) in [6, 6.07) is 7.14. The minimum absolute atomic E-state index is 0.420. The van der Waals surface area contributed by atoms with E-state index in [1.165, 1.54) is 6.33 Å². The third-order valence-corrected chi connectivity index (χ3v) is 3.54. The van der Waals surface area contributed by atoms with Crippen molar-refractivity contribution in [2.24, 2.45) is 5.73 Å². The Hall–Kier alpha value is -2.83. The van der Waals surface area contributed by atoms with E-state index >= 15 is 0 Å². The van der Waals surface area contributed by atoms with Crippen molar-refractivity contribution in [2.75, 3.05) is 11.9 Å². The molecule has 1 atom stereocenters. The second kappa shape index (κ2) is 5.51. The fourth-order valence-electron chi connectivity index (χ4n) is 2.66. The van der Waals surface area contributed by atoms with E-state index in [2.05, 4.69) is 15.4 Å². The molecule has 0 aliphatic carbocycles. The summed E-state index contributed by atoms with van der Waals surface area (Å²) >= 11 is 0. The summed E-state index contributed by atoms with van der Waals surface area (Å²) in [6.07, 6.45) is 1.44. The largest absolute Gasteiger partial charge is 0.494 e. The highest BCUT2D eigenvalue weighted by molar-refractivity contribution is 5.95. The third kappa shape index (κ3) is 2.30. The molecule has 0 radical (unpaired) electrons. The lowest BCUT2D eigenvalue weighted by molar-refractivity contribution is -0.115. The van der Waals surface area contributed by atoms with Gasteiger partial charge in [-0.3, -0.25) is 4.79 Å². The maximum Gasteiger partial charge on any atom is 0.248 e. The number of carbonyl (C=O) groups excluding carboxylic acids is 1. The van der Waals surface area contributed by atoms with E-state index in [9.17, 15) is 4.79 Å². The zero-order valence-electron chi connectivity index (χ0n) is 12.4. The fourth-order valence-corrected chi connectivity index (χ4v) is 2.66. The first-order chi connectivity index (χ1) is 10.6. The Bertz CT molecular complexity index is 750. The molecule has 0 bridgehead atoms. The first-order valence-electron chi connectivity index (χ1n) is 7.01. The number of anilines is 1. The first kappa shape index (κ1) is 14.1. The Morgan fingerprint density at radius 2 is 2.32 bits per heavy atom. The molecule has 3 N–H and O–H groups in total. The smallest absolute Gasteiger partial charge is 0.248 e. The molecule has 1 amide bonds. The molecule has 3 rings (SSSR count). The molecular formula is C15H17N5O2. The maximum absolute atomic E-state index is 11.9. The predicted molar refractivity (Wildman–Crippen MR) is 81.3 cm³/mol. The number of allylic oxidation sites excluding steroid dienone is 1. The van der Waals surface area contributed by atoms with E-state index < -0.39 is 11.9 Å². The summed E-state index contributed by atoms with van der Waals surface area (Å²) in [7, 11) is 0. The van der Waals surface area contributed by atoms with Crippen molar-refractivity contribution >= 4 is 11.9 Å². The van der Waals surface area contributed by atoms with Crippen LogP contribution in [-0.4, -0.2) is 27.3 Å². The van der Waals surface area contributed by atoms with Gasteiger partial charge in [0.1, 0.15) is 18.1 Å². The van der Waals surface area contributed by atoms with Gasteiger partial charge in [-0.1, -0.05) is 12.1 Å². The van der Waals surface area contributed by atoms with Crippen molar-refractivity contribution in [3.63, 3.8) is 0 Å². The van der Waals surface area contributed by atoms with Crippen LogP contribution in [0.25, 0.3) is 0 Å². The molecule has 114 valence electrons. The zero-order valence-corrected chi connectivity index (χ0v) is 12.4. The van der Waals surface area contributed by atoms with E-state index in [1.807, 2.05) is 31.2 Å². The maximum atomic E-state index is 11.9. The molecule has 0 saturated carbocycles.